The summed E-state index contributed by atoms with van der Waals surface area (Å²) < 4.78 is 144. The standard InChI is InChI=1S/C23H24F6N2O8S2/c1-3-15-41(34,35)39-31-21(23(27,28)29)17-7-11-19(12-8-17)37-14-4-13-36-18-9-5-16(6-10-18)20(22(24,25)26)30-38-40(2,32)33/h5-12H,3-4,13-15H2,1-2H3/b30-20-,31-21-. The van der Waals surface area contributed by atoms with E-state index in [4.69, 9.17) is 9.47 Å². The van der Waals surface area contributed by atoms with Crippen molar-refractivity contribution < 1.29 is 61.2 Å². The van der Waals surface area contributed by atoms with Gasteiger partial charge in [-0.15, -0.1) is 0 Å². The lowest BCUT2D eigenvalue weighted by molar-refractivity contribution is -0.0606. The Morgan fingerprint density at radius 3 is 1.44 bits per heavy atom. The molecule has 2 rings (SSSR count). The molecule has 0 aliphatic heterocycles. The van der Waals surface area contributed by atoms with Crippen molar-refractivity contribution in [1.82, 2.24) is 0 Å². The van der Waals surface area contributed by atoms with Crippen molar-refractivity contribution in [1.29, 1.82) is 0 Å². The maximum Gasteiger partial charge on any atom is 0.437 e. The Morgan fingerprint density at radius 1 is 0.707 bits per heavy atom. The highest BCUT2D eigenvalue weighted by Crippen LogP contribution is 2.26. The number of alkyl halides is 6. The summed E-state index contributed by atoms with van der Waals surface area (Å²) in [6.07, 6.45) is -9.04. The van der Waals surface area contributed by atoms with Gasteiger partial charge in [0.2, 0.25) is 0 Å². The second kappa shape index (κ2) is 13.9. The van der Waals surface area contributed by atoms with E-state index in [9.17, 15) is 43.2 Å². The van der Waals surface area contributed by atoms with Crippen LogP contribution in [0.2, 0.25) is 0 Å². The van der Waals surface area contributed by atoms with Crippen molar-refractivity contribution in [3.63, 3.8) is 0 Å². The van der Waals surface area contributed by atoms with Gasteiger partial charge in [0.25, 0.3) is 0 Å². The van der Waals surface area contributed by atoms with Gasteiger partial charge in [-0.25, -0.2) is 0 Å². The van der Waals surface area contributed by atoms with Crippen LogP contribution in [0.25, 0.3) is 0 Å². The minimum Gasteiger partial charge on any atom is -0.493 e. The van der Waals surface area contributed by atoms with E-state index >= 15 is 0 Å². The molecule has 0 N–H and O–H groups in total. The quantitative estimate of drug-likeness (QED) is 0.125. The number of halogens is 6. The smallest absolute Gasteiger partial charge is 0.437 e. The van der Waals surface area contributed by atoms with Crippen molar-refractivity contribution in [2.45, 2.75) is 32.1 Å². The molecule has 0 saturated carbocycles. The molecule has 0 radical (unpaired) electrons. The van der Waals surface area contributed by atoms with Crippen LogP contribution in [-0.4, -0.2) is 65.8 Å². The summed E-state index contributed by atoms with van der Waals surface area (Å²) in [4.78, 5) is 0. The van der Waals surface area contributed by atoms with E-state index in [1.54, 1.807) is 0 Å². The summed E-state index contributed by atoms with van der Waals surface area (Å²) in [5, 5.41) is 5.49. The first-order valence-electron chi connectivity index (χ1n) is 11.5. The van der Waals surface area contributed by atoms with Crippen molar-refractivity contribution in [3.05, 3.63) is 59.7 Å². The Labute approximate surface area is 231 Å². The predicted molar refractivity (Wildman–Crippen MR) is 135 cm³/mol. The van der Waals surface area contributed by atoms with Crippen LogP contribution in [0.5, 0.6) is 11.5 Å². The molecule has 10 nitrogen and oxygen atoms in total. The molecule has 0 aromatic heterocycles. The summed E-state index contributed by atoms with van der Waals surface area (Å²) in [6, 6.07) is 8.89. The van der Waals surface area contributed by atoms with Crippen LogP contribution in [0, 0.1) is 0 Å². The Hall–Kier alpha value is -3.54. The van der Waals surface area contributed by atoms with Gasteiger partial charge in [-0.05, 0) is 55.0 Å². The van der Waals surface area contributed by atoms with Gasteiger partial charge in [-0.1, -0.05) is 17.2 Å². The zero-order valence-corrected chi connectivity index (χ0v) is 23.0. The highest BCUT2D eigenvalue weighted by Gasteiger charge is 2.39. The van der Waals surface area contributed by atoms with E-state index < -0.39 is 60.9 Å². The molecule has 2 aromatic carbocycles. The lowest BCUT2D eigenvalue weighted by atomic mass is 10.1. The third-order valence-corrected chi connectivity index (χ3v) is 6.13. The third-order valence-electron chi connectivity index (χ3n) is 4.58. The number of hydrogen-bond acceptors (Lipinski definition) is 10. The van der Waals surface area contributed by atoms with Crippen molar-refractivity contribution >= 4 is 31.7 Å². The van der Waals surface area contributed by atoms with Crippen molar-refractivity contribution in [3.8, 4) is 11.5 Å². The molecule has 18 heteroatoms. The van der Waals surface area contributed by atoms with E-state index in [0.717, 1.165) is 24.3 Å². The second-order valence-electron chi connectivity index (χ2n) is 8.09. The van der Waals surface area contributed by atoms with Crippen LogP contribution < -0.4 is 9.47 Å². The fraction of sp³-hybridized carbons (Fsp3) is 0.391. The van der Waals surface area contributed by atoms with Crippen LogP contribution in [-0.2, 0) is 28.8 Å². The molecular weight excluding hydrogens is 610 g/mol. The van der Waals surface area contributed by atoms with Gasteiger partial charge in [-0.2, -0.15) is 43.2 Å². The minimum absolute atomic E-state index is 0.0588. The minimum atomic E-state index is -5.00. The lowest BCUT2D eigenvalue weighted by Gasteiger charge is -2.12. The Balaban J connectivity index is 1.92. The molecule has 0 unspecified atom stereocenters. The van der Waals surface area contributed by atoms with E-state index in [1.165, 1.54) is 31.2 Å². The van der Waals surface area contributed by atoms with Crippen LogP contribution >= 0.6 is 0 Å². The van der Waals surface area contributed by atoms with Crippen LogP contribution in [0.1, 0.15) is 30.9 Å². The summed E-state index contributed by atoms with van der Waals surface area (Å²) in [7, 11) is -8.51. The topological polar surface area (TPSA) is 130 Å². The molecule has 0 spiro atoms. The Kier molecular flexibility index (Phi) is 11.4. The molecule has 41 heavy (non-hydrogen) atoms. The van der Waals surface area contributed by atoms with Gasteiger partial charge in [0.05, 0.1) is 25.2 Å². The summed E-state index contributed by atoms with van der Waals surface area (Å²) in [6.45, 7) is 1.63. The average molecular weight is 635 g/mol. The highest BCUT2D eigenvalue weighted by molar-refractivity contribution is 7.86. The summed E-state index contributed by atoms with van der Waals surface area (Å²) in [5.41, 5.74) is -4.02. The fourth-order valence-corrected chi connectivity index (χ4v) is 3.85. The summed E-state index contributed by atoms with van der Waals surface area (Å²) in [5.74, 6) is -0.125. The SMILES string of the molecule is CCCS(=O)(=O)O/N=C(/c1ccc(OCCCOc2ccc(/C(=N/OS(C)(=O)=O)C(F)(F)F)cc2)cc1)C(F)(F)F. The van der Waals surface area contributed by atoms with Gasteiger partial charge in [0.1, 0.15) is 11.5 Å². The van der Waals surface area contributed by atoms with E-state index in [2.05, 4.69) is 18.9 Å². The number of nitrogens with zero attached hydrogens (tertiary/aromatic N) is 2. The van der Waals surface area contributed by atoms with Crippen LogP contribution in [0.4, 0.5) is 26.3 Å². The van der Waals surface area contributed by atoms with Gasteiger partial charge in [0.15, 0.2) is 11.4 Å². The molecular formula is C23H24F6N2O8S2. The number of benzene rings is 2. The van der Waals surface area contributed by atoms with Crippen molar-refractivity contribution in [2.24, 2.45) is 10.3 Å². The highest BCUT2D eigenvalue weighted by atomic mass is 32.2. The van der Waals surface area contributed by atoms with E-state index in [0.29, 0.717) is 6.26 Å². The second-order valence-corrected chi connectivity index (χ2v) is 11.3. The molecule has 0 fully saturated rings. The Bertz CT molecular complexity index is 1420. The third kappa shape index (κ3) is 11.8. The van der Waals surface area contributed by atoms with Gasteiger partial charge < -0.3 is 9.47 Å². The molecule has 0 bridgehead atoms. The largest absolute Gasteiger partial charge is 0.493 e. The normalized spacial score (nSPS) is 13.6. The molecule has 0 aliphatic carbocycles. The molecule has 2 aromatic rings. The first-order valence-corrected chi connectivity index (χ1v) is 14.9. The zero-order valence-electron chi connectivity index (χ0n) is 21.4. The zero-order chi connectivity index (χ0) is 30.9. The predicted octanol–water partition coefficient (Wildman–Crippen LogP) is 4.80. The number of oxime groups is 2. The summed E-state index contributed by atoms with van der Waals surface area (Å²) >= 11 is 0. The molecule has 0 saturated heterocycles. The monoisotopic (exact) mass is 634 g/mol. The fourth-order valence-electron chi connectivity index (χ4n) is 2.88. The molecule has 0 aliphatic rings. The van der Waals surface area contributed by atoms with E-state index in [-0.39, 0.29) is 37.6 Å². The van der Waals surface area contributed by atoms with Gasteiger partial charge >= 0.3 is 32.6 Å². The first-order chi connectivity index (χ1) is 18.9. The van der Waals surface area contributed by atoms with E-state index in [1.807, 2.05) is 0 Å². The van der Waals surface area contributed by atoms with Gasteiger partial charge in [0, 0.05) is 17.5 Å². The Morgan fingerprint density at radius 2 is 1.10 bits per heavy atom. The maximum atomic E-state index is 13.4. The number of rotatable bonds is 14. The molecule has 0 amide bonds. The van der Waals surface area contributed by atoms with Crippen LogP contribution in [0.3, 0.4) is 0 Å². The molecule has 228 valence electrons. The van der Waals surface area contributed by atoms with Crippen molar-refractivity contribution in [2.75, 3.05) is 25.2 Å². The number of ether oxygens (including phenoxy) is 2. The van der Waals surface area contributed by atoms with Gasteiger partial charge in [-0.3, -0.25) is 8.57 Å². The molecule has 0 atom stereocenters. The van der Waals surface area contributed by atoms with Crippen LogP contribution in [0.15, 0.2) is 58.8 Å². The number of hydrogen-bond donors (Lipinski definition) is 0. The maximum absolute atomic E-state index is 13.4. The first kappa shape index (κ1) is 33.7. The lowest BCUT2D eigenvalue weighted by Crippen LogP contribution is -2.25. The molecule has 0 heterocycles. The average Bonchev–Trinajstić information content (AvgIpc) is 2.83.